The van der Waals surface area contributed by atoms with Crippen molar-refractivity contribution in [3.63, 3.8) is 0 Å². The number of nitro groups is 1. The quantitative estimate of drug-likeness (QED) is 0.503. The van der Waals surface area contributed by atoms with Gasteiger partial charge in [-0.1, -0.05) is 11.6 Å². The first kappa shape index (κ1) is 14.9. The number of hydrogen-bond acceptors (Lipinski definition) is 5. The largest absolute Gasteiger partial charge is 0.469 e. The van der Waals surface area contributed by atoms with Crippen molar-refractivity contribution >= 4 is 29.2 Å². The Morgan fingerprint density at radius 2 is 2.16 bits per heavy atom. The molecule has 0 spiro atoms. The van der Waals surface area contributed by atoms with E-state index in [1.807, 2.05) is 0 Å². The maximum Gasteiger partial charge on any atom is 0.307 e. The number of halogens is 1. The second kappa shape index (κ2) is 6.69. The number of rotatable bonds is 5. The number of carbonyl (C=O) groups is 2. The monoisotopic (exact) mass is 286 g/mol. The van der Waals surface area contributed by atoms with E-state index < -0.39 is 16.8 Å². The zero-order chi connectivity index (χ0) is 14.4. The highest BCUT2D eigenvalue weighted by Gasteiger charge is 2.15. The molecule has 0 heterocycles. The van der Waals surface area contributed by atoms with E-state index in [9.17, 15) is 19.7 Å². The predicted octanol–water partition coefficient (Wildman–Crippen LogP) is 1.54. The van der Waals surface area contributed by atoms with E-state index in [2.05, 4.69) is 10.1 Å². The SMILES string of the molecule is COC(=O)CCNC(=O)c1cc([N+](=O)[O-])ccc1Cl. The molecule has 8 heteroatoms. The highest BCUT2D eigenvalue weighted by atomic mass is 35.5. The van der Waals surface area contributed by atoms with Gasteiger partial charge in [0.05, 0.1) is 29.0 Å². The fraction of sp³-hybridized carbons (Fsp3) is 0.273. The Bertz CT molecular complexity index is 518. The molecule has 0 bridgehead atoms. The summed E-state index contributed by atoms with van der Waals surface area (Å²) in [7, 11) is 1.24. The zero-order valence-electron chi connectivity index (χ0n) is 10.0. The number of hydrogen-bond donors (Lipinski definition) is 1. The first-order valence-electron chi connectivity index (χ1n) is 5.24. The maximum atomic E-state index is 11.7. The van der Waals surface area contributed by atoms with Gasteiger partial charge in [0, 0.05) is 18.7 Å². The fourth-order valence-corrected chi connectivity index (χ4v) is 1.48. The van der Waals surface area contributed by atoms with E-state index in [0.29, 0.717) is 0 Å². The molecule has 102 valence electrons. The van der Waals surface area contributed by atoms with Gasteiger partial charge in [-0.05, 0) is 6.07 Å². The number of ether oxygens (including phenoxy) is 1. The van der Waals surface area contributed by atoms with Crippen molar-refractivity contribution in [1.82, 2.24) is 5.32 Å². The average Bonchev–Trinajstić information content (AvgIpc) is 2.38. The number of amides is 1. The summed E-state index contributed by atoms with van der Waals surface area (Å²) >= 11 is 5.79. The van der Waals surface area contributed by atoms with Crippen LogP contribution < -0.4 is 5.32 Å². The maximum absolute atomic E-state index is 11.7. The molecule has 0 aliphatic heterocycles. The summed E-state index contributed by atoms with van der Waals surface area (Å²) in [6, 6.07) is 3.55. The lowest BCUT2D eigenvalue weighted by molar-refractivity contribution is -0.384. The molecule has 7 nitrogen and oxygen atoms in total. The number of esters is 1. The Balaban J connectivity index is 2.73. The van der Waals surface area contributed by atoms with Gasteiger partial charge in [-0.2, -0.15) is 0 Å². The zero-order valence-corrected chi connectivity index (χ0v) is 10.8. The molecular formula is C11H11ClN2O5. The average molecular weight is 287 g/mol. The number of carbonyl (C=O) groups excluding carboxylic acids is 2. The molecule has 0 fully saturated rings. The van der Waals surface area contributed by atoms with Gasteiger partial charge in [0.1, 0.15) is 0 Å². The van der Waals surface area contributed by atoms with Crippen molar-refractivity contribution in [3.05, 3.63) is 38.9 Å². The number of methoxy groups -OCH3 is 1. The lowest BCUT2D eigenvalue weighted by Crippen LogP contribution is -2.26. The summed E-state index contributed by atoms with van der Waals surface area (Å²) in [6.07, 6.45) is 0.00872. The van der Waals surface area contributed by atoms with E-state index in [0.717, 1.165) is 6.07 Å². The van der Waals surface area contributed by atoms with Crippen molar-refractivity contribution in [3.8, 4) is 0 Å². The smallest absolute Gasteiger partial charge is 0.307 e. The van der Waals surface area contributed by atoms with Gasteiger partial charge in [0.15, 0.2) is 0 Å². The van der Waals surface area contributed by atoms with E-state index >= 15 is 0 Å². The molecule has 1 N–H and O–H groups in total. The molecule has 1 aromatic rings. The Kier molecular flexibility index (Phi) is 5.25. The summed E-state index contributed by atoms with van der Waals surface area (Å²) in [5.41, 5.74) is -0.247. The molecule has 1 rings (SSSR count). The van der Waals surface area contributed by atoms with Crippen LogP contribution in [0.5, 0.6) is 0 Å². The Hall–Kier alpha value is -2.15. The molecule has 1 aromatic carbocycles. The highest BCUT2D eigenvalue weighted by molar-refractivity contribution is 6.33. The van der Waals surface area contributed by atoms with Gasteiger partial charge >= 0.3 is 5.97 Å². The van der Waals surface area contributed by atoms with Gasteiger partial charge in [0.25, 0.3) is 11.6 Å². The summed E-state index contributed by atoms with van der Waals surface area (Å²) in [5, 5.41) is 13.1. The van der Waals surface area contributed by atoms with Gasteiger partial charge < -0.3 is 10.1 Å². The molecule has 19 heavy (non-hydrogen) atoms. The van der Waals surface area contributed by atoms with Gasteiger partial charge in [-0.25, -0.2) is 0 Å². The minimum absolute atomic E-state index is 0.00872. The molecule has 0 aromatic heterocycles. The number of non-ortho nitro benzene ring substituents is 1. The van der Waals surface area contributed by atoms with Crippen molar-refractivity contribution in [2.24, 2.45) is 0 Å². The molecule has 0 aliphatic rings. The van der Waals surface area contributed by atoms with Crippen LogP contribution in [0.1, 0.15) is 16.8 Å². The van der Waals surface area contributed by atoms with Crippen LogP contribution >= 0.6 is 11.6 Å². The molecular weight excluding hydrogens is 276 g/mol. The first-order valence-corrected chi connectivity index (χ1v) is 5.62. The predicted molar refractivity (Wildman–Crippen MR) is 67.1 cm³/mol. The number of nitrogens with one attached hydrogen (secondary N) is 1. The third-order valence-electron chi connectivity index (χ3n) is 2.25. The Morgan fingerprint density at radius 3 is 2.74 bits per heavy atom. The van der Waals surface area contributed by atoms with Crippen LogP contribution in [0.3, 0.4) is 0 Å². The van der Waals surface area contributed by atoms with Gasteiger partial charge in [0.2, 0.25) is 0 Å². The number of benzene rings is 1. The van der Waals surface area contributed by atoms with Crippen LogP contribution in [-0.4, -0.2) is 30.5 Å². The topological polar surface area (TPSA) is 98.5 Å². The number of nitrogens with zero attached hydrogens (tertiary/aromatic N) is 1. The summed E-state index contributed by atoms with van der Waals surface area (Å²) in [5.74, 6) is -1.05. The van der Waals surface area contributed by atoms with Gasteiger partial charge in [-0.15, -0.1) is 0 Å². The van der Waals surface area contributed by atoms with Crippen molar-refractivity contribution in [2.45, 2.75) is 6.42 Å². The minimum atomic E-state index is -0.623. The molecule has 1 amide bonds. The first-order chi connectivity index (χ1) is 8.95. The van der Waals surface area contributed by atoms with Crippen LogP contribution in [0, 0.1) is 10.1 Å². The third-order valence-corrected chi connectivity index (χ3v) is 2.58. The van der Waals surface area contributed by atoms with Gasteiger partial charge in [-0.3, -0.25) is 19.7 Å². The highest BCUT2D eigenvalue weighted by Crippen LogP contribution is 2.21. The van der Waals surface area contributed by atoms with Crippen molar-refractivity contribution in [1.29, 1.82) is 0 Å². The summed E-state index contributed by atoms with van der Waals surface area (Å²) in [4.78, 5) is 32.6. The van der Waals surface area contributed by atoms with E-state index in [1.54, 1.807) is 0 Å². The normalized spacial score (nSPS) is 9.79. The van der Waals surface area contributed by atoms with E-state index in [4.69, 9.17) is 11.6 Å². The molecule has 0 saturated heterocycles. The molecule has 0 radical (unpaired) electrons. The molecule has 0 saturated carbocycles. The molecule has 0 aliphatic carbocycles. The lowest BCUT2D eigenvalue weighted by atomic mass is 10.2. The van der Waals surface area contributed by atoms with E-state index in [-0.39, 0.29) is 29.2 Å². The fourth-order valence-electron chi connectivity index (χ4n) is 1.28. The Labute approximate surface area is 113 Å². The van der Waals surface area contributed by atoms with Crippen LogP contribution in [0.25, 0.3) is 0 Å². The second-order valence-corrected chi connectivity index (χ2v) is 3.91. The second-order valence-electron chi connectivity index (χ2n) is 3.50. The third kappa shape index (κ3) is 4.22. The summed E-state index contributed by atoms with van der Waals surface area (Å²) < 4.78 is 4.41. The number of nitro benzene ring substituents is 1. The molecule has 0 atom stereocenters. The van der Waals surface area contributed by atoms with Crippen molar-refractivity contribution in [2.75, 3.05) is 13.7 Å². The van der Waals surface area contributed by atoms with Crippen molar-refractivity contribution < 1.29 is 19.2 Å². The summed E-state index contributed by atoms with van der Waals surface area (Å²) in [6.45, 7) is 0.0600. The molecule has 0 unspecified atom stereocenters. The van der Waals surface area contributed by atoms with Crippen LogP contribution in [0.2, 0.25) is 5.02 Å². The standard InChI is InChI=1S/C11H11ClN2O5/c1-19-10(15)4-5-13-11(16)8-6-7(14(17)18)2-3-9(8)12/h2-3,6H,4-5H2,1H3,(H,13,16). The Morgan fingerprint density at radius 1 is 1.47 bits per heavy atom. The minimum Gasteiger partial charge on any atom is -0.469 e. The van der Waals surface area contributed by atoms with Crippen LogP contribution in [0.15, 0.2) is 18.2 Å². The van der Waals surface area contributed by atoms with E-state index in [1.165, 1.54) is 19.2 Å². The van der Waals surface area contributed by atoms with Crippen LogP contribution in [0.4, 0.5) is 5.69 Å². The van der Waals surface area contributed by atoms with Crippen LogP contribution in [-0.2, 0) is 9.53 Å². The lowest BCUT2D eigenvalue weighted by Gasteiger charge is -2.06.